The maximum atomic E-state index is 14.1. The molecule has 0 fully saturated rings. The molecule has 1 aliphatic rings. The molecule has 9 heteroatoms. The van der Waals surface area contributed by atoms with Gasteiger partial charge in [-0.15, -0.1) is 0 Å². The first kappa shape index (κ1) is 32.1. The number of hydrogen-bond acceptors (Lipinski definition) is 6. The van der Waals surface area contributed by atoms with Crippen molar-refractivity contribution in [1.29, 1.82) is 5.26 Å². The molecule has 0 saturated carbocycles. The second-order valence-corrected chi connectivity index (χ2v) is 18.2. The second-order valence-electron chi connectivity index (χ2n) is 13.4. The highest BCUT2D eigenvalue weighted by molar-refractivity contribution is 6.74. The topological polar surface area (TPSA) is 93.3 Å². The van der Waals surface area contributed by atoms with Crippen LogP contribution in [0.1, 0.15) is 67.7 Å². The van der Waals surface area contributed by atoms with Crippen molar-refractivity contribution in [1.82, 2.24) is 19.7 Å². The van der Waals surface area contributed by atoms with Crippen LogP contribution in [0, 0.1) is 11.3 Å². The highest BCUT2D eigenvalue weighted by Crippen LogP contribution is 2.40. The van der Waals surface area contributed by atoms with Gasteiger partial charge in [0.05, 0.1) is 24.8 Å². The third-order valence-corrected chi connectivity index (χ3v) is 13.6. The molecule has 0 spiro atoms. The predicted octanol–water partition coefficient (Wildman–Crippen LogP) is 7.66. The molecular formula is C36H43N5O3Si. The fourth-order valence-electron chi connectivity index (χ4n) is 5.20. The number of rotatable bonds is 10. The Bertz CT molecular complexity index is 1700. The van der Waals surface area contributed by atoms with Crippen molar-refractivity contribution < 1.29 is 14.0 Å². The van der Waals surface area contributed by atoms with Gasteiger partial charge in [-0.2, -0.15) is 10.4 Å². The van der Waals surface area contributed by atoms with Crippen LogP contribution in [-0.2, 0) is 17.6 Å². The summed E-state index contributed by atoms with van der Waals surface area (Å²) >= 11 is 0. The summed E-state index contributed by atoms with van der Waals surface area (Å²) in [5.74, 6) is 0.939. The Balaban J connectivity index is 1.45. The minimum Gasteiger partial charge on any atom is -0.489 e. The molecule has 0 N–H and O–H groups in total. The zero-order valence-corrected chi connectivity index (χ0v) is 28.4. The molecule has 1 amide bonds. The third kappa shape index (κ3) is 6.87. The van der Waals surface area contributed by atoms with E-state index in [9.17, 15) is 10.1 Å². The van der Waals surface area contributed by atoms with E-state index in [1.807, 2.05) is 29.2 Å². The Morgan fingerprint density at radius 3 is 2.38 bits per heavy atom. The SMILES string of the molecule is CC(C)c1ccc(COc2ccc(-c3c(-c4ccncc4)nn4c3C(=O)N(CCO[Si](C)(C)C(C)(C)C)CC4)c(C#N)c2)cc1. The summed E-state index contributed by atoms with van der Waals surface area (Å²) in [4.78, 5) is 20.1. The number of pyridine rings is 1. The van der Waals surface area contributed by atoms with Gasteiger partial charge < -0.3 is 14.1 Å². The molecule has 2 aromatic carbocycles. The number of aromatic nitrogens is 3. The maximum absolute atomic E-state index is 14.1. The van der Waals surface area contributed by atoms with Crippen LogP contribution in [0.5, 0.6) is 5.75 Å². The monoisotopic (exact) mass is 621 g/mol. The van der Waals surface area contributed by atoms with Crippen LogP contribution in [0.2, 0.25) is 18.1 Å². The van der Waals surface area contributed by atoms with E-state index in [-0.39, 0.29) is 10.9 Å². The third-order valence-electron chi connectivity index (χ3n) is 9.04. The summed E-state index contributed by atoms with van der Waals surface area (Å²) in [5.41, 5.74) is 6.00. The molecule has 0 saturated heterocycles. The Hall–Kier alpha value is -4.26. The van der Waals surface area contributed by atoms with Gasteiger partial charge >= 0.3 is 0 Å². The maximum Gasteiger partial charge on any atom is 0.272 e. The van der Waals surface area contributed by atoms with E-state index in [4.69, 9.17) is 14.3 Å². The molecular weight excluding hydrogens is 579 g/mol. The van der Waals surface area contributed by atoms with Gasteiger partial charge in [-0.25, -0.2) is 0 Å². The van der Waals surface area contributed by atoms with Crippen molar-refractivity contribution in [3.63, 3.8) is 0 Å². The van der Waals surface area contributed by atoms with Gasteiger partial charge in [0.1, 0.15) is 23.7 Å². The molecule has 4 aromatic rings. The average molecular weight is 622 g/mol. The Morgan fingerprint density at radius 2 is 1.73 bits per heavy atom. The molecule has 5 rings (SSSR count). The van der Waals surface area contributed by atoms with Crippen molar-refractivity contribution in [2.75, 3.05) is 19.7 Å². The Kier molecular flexibility index (Phi) is 9.28. The van der Waals surface area contributed by atoms with E-state index in [1.165, 1.54) is 5.56 Å². The van der Waals surface area contributed by atoms with Crippen LogP contribution >= 0.6 is 0 Å². The minimum atomic E-state index is -1.95. The number of hydrogen-bond donors (Lipinski definition) is 0. The van der Waals surface area contributed by atoms with E-state index in [2.05, 4.69) is 83.0 Å². The molecule has 0 atom stereocenters. The Labute approximate surface area is 267 Å². The lowest BCUT2D eigenvalue weighted by atomic mass is 9.94. The molecule has 0 radical (unpaired) electrons. The smallest absolute Gasteiger partial charge is 0.272 e. The highest BCUT2D eigenvalue weighted by atomic mass is 28.4. The predicted molar refractivity (Wildman–Crippen MR) is 180 cm³/mol. The Morgan fingerprint density at radius 1 is 1.02 bits per heavy atom. The lowest BCUT2D eigenvalue weighted by molar-refractivity contribution is 0.0666. The van der Waals surface area contributed by atoms with Gasteiger partial charge in [0.2, 0.25) is 0 Å². The second kappa shape index (κ2) is 13.0. The van der Waals surface area contributed by atoms with Crippen LogP contribution in [0.25, 0.3) is 22.4 Å². The molecule has 234 valence electrons. The van der Waals surface area contributed by atoms with E-state index < -0.39 is 8.32 Å². The van der Waals surface area contributed by atoms with Crippen molar-refractivity contribution >= 4 is 14.2 Å². The highest BCUT2D eigenvalue weighted by Gasteiger charge is 2.38. The summed E-state index contributed by atoms with van der Waals surface area (Å²) in [6, 6.07) is 20.0. The van der Waals surface area contributed by atoms with Gasteiger partial charge in [-0.05, 0) is 65.5 Å². The molecule has 2 aromatic heterocycles. The number of ether oxygens (including phenoxy) is 1. The van der Waals surface area contributed by atoms with Crippen LogP contribution < -0.4 is 4.74 Å². The van der Waals surface area contributed by atoms with Crippen molar-refractivity contribution in [2.24, 2.45) is 0 Å². The lowest BCUT2D eigenvalue weighted by Gasteiger charge is -2.37. The molecule has 0 aliphatic carbocycles. The summed E-state index contributed by atoms with van der Waals surface area (Å²) < 4.78 is 14.3. The first-order chi connectivity index (χ1) is 21.4. The van der Waals surface area contributed by atoms with Crippen molar-refractivity contribution in [2.45, 2.75) is 71.8 Å². The van der Waals surface area contributed by atoms with Gasteiger partial charge in [0, 0.05) is 42.2 Å². The van der Waals surface area contributed by atoms with Crippen molar-refractivity contribution in [3.8, 4) is 34.2 Å². The van der Waals surface area contributed by atoms with E-state index in [1.54, 1.807) is 23.1 Å². The zero-order valence-electron chi connectivity index (χ0n) is 27.4. The first-order valence-electron chi connectivity index (χ1n) is 15.6. The van der Waals surface area contributed by atoms with Crippen LogP contribution in [0.4, 0.5) is 0 Å². The quantitative estimate of drug-likeness (QED) is 0.169. The van der Waals surface area contributed by atoms with Crippen LogP contribution in [0.3, 0.4) is 0 Å². The van der Waals surface area contributed by atoms with E-state index >= 15 is 0 Å². The molecule has 0 unspecified atom stereocenters. The number of nitriles is 1. The average Bonchev–Trinajstić information content (AvgIpc) is 3.41. The van der Waals surface area contributed by atoms with Crippen LogP contribution in [0.15, 0.2) is 67.0 Å². The number of amides is 1. The van der Waals surface area contributed by atoms with E-state index in [0.717, 1.165) is 11.1 Å². The molecule has 1 aliphatic heterocycles. The van der Waals surface area contributed by atoms with Crippen molar-refractivity contribution in [3.05, 3.63) is 89.4 Å². The normalized spacial score (nSPS) is 13.6. The number of benzene rings is 2. The first-order valence-corrected chi connectivity index (χ1v) is 18.5. The molecule has 8 nitrogen and oxygen atoms in total. The molecule has 0 bridgehead atoms. The fraction of sp³-hybridized carbons (Fsp3) is 0.389. The van der Waals surface area contributed by atoms with Crippen LogP contribution in [-0.4, -0.2) is 53.6 Å². The van der Waals surface area contributed by atoms with Gasteiger partial charge in [-0.3, -0.25) is 14.5 Å². The summed E-state index contributed by atoms with van der Waals surface area (Å²) in [5, 5.41) is 15.3. The molecule has 45 heavy (non-hydrogen) atoms. The minimum absolute atomic E-state index is 0.0894. The summed E-state index contributed by atoms with van der Waals surface area (Å²) in [7, 11) is -1.95. The van der Waals surface area contributed by atoms with Gasteiger partial charge in [0.25, 0.3) is 5.91 Å². The standard InChI is InChI=1S/C36H43N5O3Si/c1-25(2)27-10-8-26(9-11-27)24-43-30-12-13-31(29(22-30)23-37)32-33(28-14-16-38-17-15-28)39-41-19-18-40(35(42)34(32)41)20-21-44-45(6,7)36(3,4)5/h8-17,22,25H,18-21,24H2,1-7H3. The molecule has 3 heterocycles. The number of nitrogens with zero attached hydrogens (tertiary/aromatic N) is 5. The van der Waals surface area contributed by atoms with E-state index in [0.29, 0.717) is 72.6 Å². The fourth-order valence-corrected chi connectivity index (χ4v) is 6.24. The lowest BCUT2D eigenvalue weighted by Crippen LogP contribution is -2.46. The summed E-state index contributed by atoms with van der Waals surface area (Å²) in [6.45, 7) is 17.9. The number of carbonyl (C=O) groups is 1. The summed E-state index contributed by atoms with van der Waals surface area (Å²) in [6.07, 6.45) is 3.42. The number of fused-ring (bicyclic) bond motifs is 1. The van der Waals surface area contributed by atoms with Gasteiger partial charge in [0.15, 0.2) is 8.32 Å². The van der Waals surface area contributed by atoms with Gasteiger partial charge in [-0.1, -0.05) is 58.9 Å². The number of carbonyl (C=O) groups excluding carboxylic acids is 1. The largest absolute Gasteiger partial charge is 0.489 e. The zero-order chi connectivity index (χ0) is 32.4.